The van der Waals surface area contributed by atoms with Gasteiger partial charge in [-0.25, -0.2) is 0 Å². The molecule has 1 N–H and O–H groups in total. The molecule has 0 aromatic heterocycles. The third-order valence-electron chi connectivity index (χ3n) is 3.05. The van der Waals surface area contributed by atoms with Crippen molar-refractivity contribution in [2.24, 2.45) is 0 Å². The second kappa shape index (κ2) is 7.44. The van der Waals surface area contributed by atoms with E-state index in [1.165, 1.54) is 30.3 Å². The second-order valence-electron chi connectivity index (χ2n) is 4.87. The summed E-state index contributed by atoms with van der Waals surface area (Å²) in [5, 5.41) is 22.8. The Balaban J connectivity index is 2.10. The number of carbonyl (C=O) groups is 1. The number of ether oxygens (including phenoxy) is 1. The summed E-state index contributed by atoms with van der Waals surface area (Å²) in [7, 11) is 0. The largest absolute Gasteiger partial charge is 0.477 e. The van der Waals surface area contributed by atoms with E-state index in [-0.39, 0.29) is 22.7 Å². The first-order valence-corrected chi connectivity index (χ1v) is 7.16. The maximum absolute atomic E-state index is 12.0. The van der Waals surface area contributed by atoms with Gasteiger partial charge in [-0.3, -0.25) is 14.9 Å². The summed E-state index contributed by atoms with van der Waals surface area (Å²) in [5.41, 5.74) is 1.03. The lowest BCUT2D eigenvalue weighted by atomic mass is 10.2. The lowest BCUT2D eigenvalue weighted by molar-refractivity contribution is -0.385. The second-order valence-corrected chi connectivity index (χ2v) is 5.30. The predicted molar refractivity (Wildman–Crippen MR) is 88.1 cm³/mol. The maximum atomic E-state index is 12.0. The Hall–Kier alpha value is -3.11. The summed E-state index contributed by atoms with van der Waals surface area (Å²) in [6.07, 6.45) is 0. The van der Waals surface area contributed by atoms with Gasteiger partial charge in [-0.15, -0.1) is 0 Å². The highest BCUT2D eigenvalue weighted by Crippen LogP contribution is 2.27. The van der Waals surface area contributed by atoms with Gasteiger partial charge in [-0.2, -0.15) is 5.26 Å². The lowest BCUT2D eigenvalue weighted by Gasteiger charge is -2.09. The summed E-state index contributed by atoms with van der Waals surface area (Å²) >= 11 is 5.84. The van der Waals surface area contributed by atoms with Gasteiger partial charge in [0.15, 0.2) is 12.4 Å². The number of aryl methyl sites for hydroxylation is 1. The molecule has 0 aliphatic heterocycles. The normalized spacial score (nSPS) is 9.88. The number of nitrogens with zero attached hydrogens (tertiary/aromatic N) is 2. The number of nitro benzene ring substituents is 1. The van der Waals surface area contributed by atoms with Gasteiger partial charge in [-0.1, -0.05) is 17.7 Å². The highest BCUT2D eigenvalue weighted by Gasteiger charge is 2.16. The Bertz CT molecular complexity index is 846. The molecular formula is C16H12ClN3O4. The maximum Gasteiger partial charge on any atom is 0.310 e. The first kappa shape index (κ1) is 17.2. The number of rotatable bonds is 5. The van der Waals surface area contributed by atoms with Crippen LogP contribution in [0.5, 0.6) is 5.75 Å². The molecule has 1 amide bonds. The fourth-order valence-electron chi connectivity index (χ4n) is 1.93. The van der Waals surface area contributed by atoms with Crippen molar-refractivity contribution >= 4 is 28.9 Å². The molecule has 2 rings (SSSR count). The van der Waals surface area contributed by atoms with Crippen LogP contribution in [0.25, 0.3) is 0 Å². The summed E-state index contributed by atoms with van der Waals surface area (Å²) in [5.74, 6) is -0.564. The molecule has 0 fully saturated rings. The molecule has 2 aromatic rings. The number of nitro groups is 1. The van der Waals surface area contributed by atoms with Gasteiger partial charge in [0, 0.05) is 11.1 Å². The molecule has 0 radical (unpaired) electrons. The number of benzene rings is 2. The quantitative estimate of drug-likeness (QED) is 0.660. The fraction of sp³-hybridized carbons (Fsp3) is 0.125. The van der Waals surface area contributed by atoms with Gasteiger partial charge in [0.25, 0.3) is 5.91 Å². The van der Waals surface area contributed by atoms with E-state index in [2.05, 4.69) is 5.32 Å². The predicted octanol–water partition coefficient (Wildman–Crippen LogP) is 3.45. The minimum atomic E-state index is -0.586. The highest BCUT2D eigenvalue weighted by atomic mass is 35.5. The molecule has 0 unspecified atom stereocenters. The van der Waals surface area contributed by atoms with Crippen LogP contribution in [0.15, 0.2) is 36.4 Å². The molecule has 0 spiro atoms. The summed E-state index contributed by atoms with van der Waals surface area (Å²) in [4.78, 5) is 22.4. The number of hydrogen-bond donors (Lipinski definition) is 1. The van der Waals surface area contributed by atoms with Crippen molar-refractivity contribution in [1.82, 2.24) is 0 Å². The number of carbonyl (C=O) groups excluding carboxylic acids is 1. The number of nitriles is 1. The summed E-state index contributed by atoms with van der Waals surface area (Å²) in [6, 6.07) is 10.7. The minimum Gasteiger partial charge on any atom is -0.477 e. The molecule has 0 bridgehead atoms. The van der Waals surface area contributed by atoms with Crippen molar-refractivity contribution in [3.05, 3.63) is 62.7 Å². The molecule has 0 aliphatic carbocycles. The monoisotopic (exact) mass is 345 g/mol. The third kappa shape index (κ3) is 4.21. The number of nitrogens with one attached hydrogen (secondary N) is 1. The minimum absolute atomic E-state index is 0.00162. The SMILES string of the molecule is Cc1ccc([N+](=O)[O-])c(OCC(=O)Nc2cc(Cl)ccc2C#N)c1. The van der Waals surface area contributed by atoms with Crippen molar-refractivity contribution in [2.75, 3.05) is 11.9 Å². The van der Waals surface area contributed by atoms with Crippen molar-refractivity contribution in [1.29, 1.82) is 5.26 Å². The molecule has 2 aromatic carbocycles. The molecule has 8 heteroatoms. The number of anilines is 1. The molecule has 7 nitrogen and oxygen atoms in total. The van der Waals surface area contributed by atoms with Gasteiger partial charge < -0.3 is 10.1 Å². The van der Waals surface area contributed by atoms with Crippen molar-refractivity contribution in [3.8, 4) is 11.8 Å². The highest BCUT2D eigenvalue weighted by molar-refractivity contribution is 6.31. The van der Waals surface area contributed by atoms with Crippen LogP contribution in [-0.4, -0.2) is 17.4 Å². The van der Waals surface area contributed by atoms with Gasteiger partial charge in [0.05, 0.1) is 16.2 Å². The Morgan fingerprint density at radius 3 is 2.79 bits per heavy atom. The van der Waals surface area contributed by atoms with Crippen LogP contribution in [0.1, 0.15) is 11.1 Å². The zero-order valence-electron chi connectivity index (χ0n) is 12.6. The third-order valence-corrected chi connectivity index (χ3v) is 3.28. The number of hydrogen-bond acceptors (Lipinski definition) is 5. The standard InChI is InChI=1S/C16H12ClN3O4/c1-10-2-5-14(20(22)23)15(6-10)24-9-16(21)19-13-7-12(17)4-3-11(13)8-18/h2-7H,9H2,1H3,(H,19,21). The molecule has 0 atom stereocenters. The van der Waals surface area contributed by atoms with E-state index in [0.717, 1.165) is 5.56 Å². The van der Waals surface area contributed by atoms with Crippen LogP contribution in [0, 0.1) is 28.4 Å². The van der Waals surface area contributed by atoms with E-state index in [9.17, 15) is 14.9 Å². The average molecular weight is 346 g/mol. The van der Waals surface area contributed by atoms with Crippen LogP contribution in [0.3, 0.4) is 0 Å². The lowest BCUT2D eigenvalue weighted by Crippen LogP contribution is -2.21. The fourth-order valence-corrected chi connectivity index (χ4v) is 2.11. The number of halogens is 1. The Labute approximate surface area is 142 Å². The van der Waals surface area contributed by atoms with E-state index in [0.29, 0.717) is 5.02 Å². The van der Waals surface area contributed by atoms with E-state index >= 15 is 0 Å². The van der Waals surface area contributed by atoms with Crippen molar-refractivity contribution in [2.45, 2.75) is 6.92 Å². The van der Waals surface area contributed by atoms with E-state index < -0.39 is 17.4 Å². The van der Waals surface area contributed by atoms with Gasteiger partial charge in [-0.05, 0) is 36.8 Å². The molecule has 0 saturated heterocycles. The Kier molecular flexibility index (Phi) is 5.35. The van der Waals surface area contributed by atoms with Crippen molar-refractivity contribution in [3.63, 3.8) is 0 Å². The van der Waals surface area contributed by atoms with Crippen molar-refractivity contribution < 1.29 is 14.5 Å². The zero-order chi connectivity index (χ0) is 17.7. The zero-order valence-corrected chi connectivity index (χ0v) is 13.3. The van der Waals surface area contributed by atoms with E-state index in [1.54, 1.807) is 13.0 Å². The average Bonchev–Trinajstić information content (AvgIpc) is 2.53. The molecular weight excluding hydrogens is 334 g/mol. The van der Waals surface area contributed by atoms with Gasteiger partial charge in [0.1, 0.15) is 6.07 Å². The molecule has 24 heavy (non-hydrogen) atoms. The van der Waals surface area contributed by atoms with E-state index in [1.807, 2.05) is 6.07 Å². The van der Waals surface area contributed by atoms with Gasteiger partial charge in [0.2, 0.25) is 0 Å². The Morgan fingerprint density at radius 2 is 2.12 bits per heavy atom. The summed E-state index contributed by atoms with van der Waals surface area (Å²) < 4.78 is 5.25. The van der Waals surface area contributed by atoms with Crippen LogP contribution >= 0.6 is 11.6 Å². The topological polar surface area (TPSA) is 105 Å². The van der Waals surface area contributed by atoms with Crippen LogP contribution < -0.4 is 10.1 Å². The van der Waals surface area contributed by atoms with E-state index in [4.69, 9.17) is 21.6 Å². The van der Waals surface area contributed by atoms with Crippen LogP contribution in [0.2, 0.25) is 5.02 Å². The Morgan fingerprint density at radius 1 is 1.38 bits per heavy atom. The molecule has 0 heterocycles. The van der Waals surface area contributed by atoms with Crippen LogP contribution in [0.4, 0.5) is 11.4 Å². The smallest absolute Gasteiger partial charge is 0.310 e. The summed E-state index contributed by atoms with van der Waals surface area (Å²) in [6.45, 7) is 1.31. The molecule has 122 valence electrons. The first-order chi connectivity index (χ1) is 11.4. The molecule has 0 saturated carbocycles. The number of amides is 1. The molecule has 0 aliphatic rings. The first-order valence-electron chi connectivity index (χ1n) is 6.78. The van der Waals surface area contributed by atoms with Crippen LogP contribution in [-0.2, 0) is 4.79 Å². The van der Waals surface area contributed by atoms with Gasteiger partial charge >= 0.3 is 5.69 Å².